The highest BCUT2D eigenvalue weighted by Crippen LogP contribution is 2.13. The molecule has 0 spiro atoms. The number of hydrogen-bond acceptors (Lipinski definition) is 3. The maximum Gasteiger partial charge on any atom is 0.571 e. The van der Waals surface area contributed by atoms with Crippen LogP contribution in [-0.2, 0) is 13.3 Å². The van der Waals surface area contributed by atoms with E-state index in [1.54, 1.807) is 21.3 Å². The second-order valence-corrected chi connectivity index (χ2v) is 7.25. The van der Waals surface area contributed by atoms with E-state index in [0.29, 0.717) is 0 Å². The van der Waals surface area contributed by atoms with E-state index in [1.807, 2.05) is 21.8 Å². The van der Waals surface area contributed by atoms with Crippen molar-refractivity contribution in [3.63, 3.8) is 0 Å². The van der Waals surface area contributed by atoms with Crippen molar-refractivity contribution in [2.45, 2.75) is 0 Å². The lowest BCUT2D eigenvalue weighted by Crippen LogP contribution is -2.35. The molecule has 0 aliphatic rings. The van der Waals surface area contributed by atoms with Crippen LogP contribution >= 0.6 is 21.8 Å². The molecule has 8 heavy (non-hydrogen) atoms. The minimum Gasteiger partial charge on any atom is -0.369 e. The summed E-state index contributed by atoms with van der Waals surface area (Å²) < 4.78 is 14.8. The minimum absolute atomic E-state index is 1.58. The highest BCUT2D eigenvalue weighted by molar-refractivity contribution is 14.1. The van der Waals surface area contributed by atoms with Gasteiger partial charge < -0.3 is 13.3 Å². The third kappa shape index (κ3) is 2.40. The van der Waals surface area contributed by atoms with Gasteiger partial charge in [0.2, 0.25) is 0 Å². The first-order valence-corrected chi connectivity index (χ1v) is 6.87. The first kappa shape index (κ1) is 8.83. The van der Waals surface area contributed by atoms with Gasteiger partial charge in [0, 0.05) is 21.3 Å². The molecule has 0 fully saturated rings. The predicted octanol–water partition coefficient (Wildman–Crippen LogP) is 0.796. The molecule has 5 heteroatoms. The molecule has 0 radical (unpaired) electrons. The molecule has 0 saturated carbocycles. The summed E-state index contributed by atoms with van der Waals surface area (Å²) in [5.41, 5.74) is 0. The van der Waals surface area contributed by atoms with Crippen LogP contribution in [0.3, 0.4) is 0 Å². The van der Waals surface area contributed by atoms with Gasteiger partial charge in [0.1, 0.15) is 0 Å². The van der Waals surface area contributed by atoms with E-state index in [-0.39, 0.29) is 0 Å². The lowest BCUT2D eigenvalue weighted by atomic mass is 11.8. The van der Waals surface area contributed by atoms with Gasteiger partial charge in [-0.15, -0.1) is 0 Å². The van der Waals surface area contributed by atoms with Crippen molar-refractivity contribution in [3.05, 3.63) is 0 Å². The minimum atomic E-state index is -2.20. The summed E-state index contributed by atoms with van der Waals surface area (Å²) in [6.07, 6.45) is -2.20. The maximum atomic E-state index is 4.92. The highest BCUT2D eigenvalue weighted by Gasteiger charge is 2.33. The summed E-state index contributed by atoms with van der Waals surface area (Å²) in [6, 6.07) is 0. The zero-order valence-corrected chi connectivity index (χ0v) is 8.26. The predicted molar refractivity (Wildman–Crippen MR) is 40.8 cm³/mol. The van der Waals surface area contributed by atoms with E-state index in [0.717, 1.165) is 0 Å². The van der Waals surface area contributed by atoms with Gasteiger partial charge in [-0.25, -0.2) is 0 Å². The Morgan fingerprint density at radius 1 is 1.00 bits per heavy atom. The van der Waals surface area contributed by atoms with Crippen LogP contribution in [0.4, 0.5) is 0 Å². The molecule has 50 valence electrons. The Labute approximate surface area is 62.9 Å². The monoisotopic (exact) mass is 248 g/mol. The van der Waals surface area contributed by atoms with Crippen LogP contribution in [0.15, 0.2) is 0 Å². The second kappa shape index (κ2) is 3.78. The Bertz CT molecular complexity index is 57.3. The molecule has 0 N–H and O–H groups in total. The van der Waals surface area contributed by atoms with E-state index in [1.165, 1.54) is 0 Å². The fourth-order valence-corrected chi connectivity index (χ4v) is 0.750. The number of halogens is 1. The Hall–Kier alpha value is 0.827. The van der Waals surface area contributed by atoms with Gasteiger partial charge in [-0.1, -0.05) is 0 Å². The van der Waals surface area contributed by atoms with Gasteiger partial charge in [-0.05, 0) is 21.8 Å². The van der Waals surface area contributed by atoms with Crippen LogP contribution in [0, 0.1) is 0 Å². The van der Waals surface area contributed by atoms with E-state index in [2.05, 4.69) is 0 Å². The molecule has 0 saturated heterocycles. The van der Waals surface area contributed by atoms with E-state index >= 15 is 0 Å². The first-order chi connectivity index (χ1) is 3.68. The molecule has 0 aromatic rings. The quantitative estimate of drug-likeness (QED) is 0.420. The Morgan fingerprint density at radius 2 is 1.25 bits per heavy atom. The molecular formula is C3H9IO3Si. The van der Waals surface area contributed by atoms with Crippen molar-refractivity contribution in [2.24, 2.45) is 0 Å². The molecule has 3 nitrogen and oxygen atoms in total. The zero-order valence-electron chi connectivity index (χ0n) is 5.10. The van der Waals surface area contributed by atoms with E-state index < -0.39 is 6.30 Å². The Balaban J connectivity index is 3.58. The molecule has 0 heterocycles. The summed E-state index contributed by atoms with van der Waals surface area (Å²) in [5.74, 6) is 0. The lowest BCUT2D eigenvalue weighted by molar-refractivity contribution is 0.158. The van der Waals surface area contributed by atoms with Crippen LogP contribution < -0.4 is 0 Å². The van der Waals surface area contributed by atoms with Crippen molar-refractivity contribution >= 4 is 28.1 Å². The van der Waals surface area contributed by atoms with E-state index in [4.69, 9.17) is 13.3 Å². The molecule has 0 aliphatic heterocycles. The highest BCUT2D eigenvalue weighted by atomic mass is 127. The van der Waals surface area contributed by atoms with Crippen molar-refractivity contribution in [2.75, 3.05) is 21.3 Å². The normalized spacial score (nSPS) is 12.0. The molecule has 0 bridgehead atoms. The summed E-state index contributed by atoms with van der Waals surface area (Å²) in [4.78, 5) is 0. The van der Waals surface area contributed by atoms with Crippen LogP contribution in [0.2, 0.25) is 0 Å². The summed E-state index contributed by atoms with van der Waals surface area (Å²) in [7, 11) is 4.73. The average molecular weight is 248 g/mol. The molecule has 0 unspecified atom stereocenters. The molecule has 0 atom stereocenters. The summed E-state index contributed by atoms with van der Waals surface area (Å²) in [6.45, 7) is 0. The molecule has 0 aliphatic carbocycles. The van der Waals surface area contributed by atoms with Crippen LogP contribution in [0.1, 0.15) is 0 Å². The molecule has 0 amide bonds. The SMILES string of the molecule is CO[Si](I)(OC)OC. The van der Waals surface area contributed by atoms with Gasteiger partial charge in [0.25, 0.3) is 0 Å². The van der Waals surface area contributed by atoms with Gasteiger partial charge in [-0.3, -0.25) is 0 Å². The third-order valence-electron chi connectivity index (χ3n) is 0.731. The van der Waals surface area contributed by atoms with Crippen LogP contribution in [0.25, 0.3) is 0 Å². The molecule has 0 aromatic heterocycles. The number of rotatable bonds is 3. The lowest BCUT2D eigenvalue weighted by Gasteiger charge is -2.15. The average Bonchev–Trinajstić information content (AvgIpc) is 1.87. The molecular weight excluding hydrogens is 239 g/mol. The van der Waals surface area contributed by atoms with Crippen LogP contribution in [-0.4, -0.2) is 27.6 Å². The fraction of sp³-hybridized carbons (Fsp3) is 1.00. The Kier molecular flexibility index (Phi) is 4.17. The van der Waals surface area contributed by atoms with Crippen molar-refractivity contribution in [1.29, 1.82) is 0 Å². The second-order valence-electron chi connectivity index (χ2n) is 1.09. The van der Waals surface area contributed by atoms with Crippen LogP contribution in [0.5, 0.6) is 0 Å². The smallest absolute Gasteiger partial charge is 0.369 e. The summed E-state index contributed by atoms with van der Waals surface area (Å²) in [5, 5.41) is 0. The maximum absolute atomic E-state index is 4.92. The van der Waals surface area contributed by atoms with Crippen molar-refractivity contribution in [1.82, 2.24) is 0 Å². The van der Waals surface area contributed by atoms with Crippen molar-refractivity contribution in [3.8, 4) is 0 Å². The fourth-order valence-electron chi connectivity index (χ4n) is 0.250. The standard InChI is InChI=1S/C3H9IO3Si/c1-5-8(4,6-2)7-3/h1-3H3. The van der Waals surface area contributed by atoms with Gasteiger partial charge in [0.15, 0.2) is 0 Å². The van der Waals surface area contributed by atoms with Gasteiger partial charge in [-0.2, -0.15) is 0 Å². The molecule has 0 aromatic carbocycles. The Morgan fingerprint density at radius 3 is 1.25 bits per heavy atom. The third-order valence-corrected chi connectivity index (χ3v) is 6.16. The zero-order chi connectivity index (χ0) is 6.62. The molecule has 0 rings (SSSR count). The number of hydrogen-bond donors (Lipinski definition) is 0. The van der Waals surface area contributed by atoms with Crippen molar-refractivity contribution < 1.29 is 13.3 Å². The first-order valence-electron chi connectivity index (χ1n) is 2.03. The largest absolute Gasteiger partial charge is 0.571 e. The summed E-state index contributed by atoms with van der Waals surface area (Å²) >= 11 is 2.04. The van der Waals surface area contributed by atoms with Gasteiger partial charge >= 0.3 is 6.30 Å². The van der Waals surface area contributed by atoms with Gasteiger partial charge in [0.05, 0.1) is 0 Å². The van der Waals surface area contributed by atoms with E-state index in [9.17, 15) is 0 Å². The topological polar surface area (TPSA) is 27.7 Å².